The number of hydrogen-bond donors (Lipinski definition) is 2. The third-order valence-corrected chi connectivity index (χ3v) is 4.30. The molecule has 1 aliphatic rings. The van der Waals surface area contributed by atoms with Crippen molar-refractivity contribution in [1.29, 1.82) is 0 Å². The Morgan fingerprint density at radius 3 is 1.91 bits per heavy atom. The van der Waals surface area contributed by atoms with E-state index in [-0.39, 0.29) is 12.1 Å². The van der Waals surface area contributed by atoms with Crippen molar-refractivity contribution >= 4 is 11.4 Å². The Morgan fingerprint density at radius 2 is 1.32 bits per heavy atom. The number of nitrogens with zero attached hydrogens (tertiary/aromatic N) is 1. The van der Waals surface area contributed by atoms with Crippen LogP contribution in [0.25, 0.3) is 0 Å². The normalized spacial score (nSPS) is 22.0. The van der Waals surface area contributed by atoms with Crippen LogP contribution in [0.15, 0.2) is 60.7 Å². The van der Waals surface area contributed by atoms with E-state index in [0.717, 1.165) is 30.6 Å². The lowest BCUT2D eigenvalue weighted by Gasteiger charge is -2.32. The summed E-state index contributed by atoms with van der Waals surface area (Å²) < 4.78 is 0. The maximum absolute atomic E-state index is 10.4. The van der Waals surface area contributed by atoms with E-state index >= 15 is 0 Å². The van der Waals surface area contributed by atoms with Gasteiger partial charge < -0.3 is 5.11 Å². The third-order valence-electron chi connectivity index (χ3n) is 4.30. The number of hydrazine groups is 1. The predicted molar refractivity (Wildman–Crippen MR) is 91.0 cm³/mol. The van der Waals surface area contributed by atoms with E-state index in [9.17, 15) is 5.11 Å². The zero-order chi connectivity index (χ0) is 15.2. The topological polar surface area (TPSA) is 35.5 Å². The zero-order valence-corrected chi connectivity index (χ0v) is 12.9. The number of aliphatic hydroxyl groups is 1. The summed E-state index contributed by atoms with van der Waals surface area (Å²) in [5.41, 5.74) is 5.74. The van der Waals surface area contributed by atoms with Crippen molar-refractivity contribution in [2.24, 2.45) is 0 Å². The third kappa shape index (κ3) is 3.67. The van der Waals surface area contributed by atoms with Gasteiger partial charge in [-0.15, -0.1) is 0 Å². The first-order chi connectivity index (χ1) is 10.8. The Morgan fingerprint density at radius 1 is 0.773 bits per heavy atom. The molecule has 3 heteroatoms. The lowest BCUT2D eigenvalue weighted by Crippen LogP contribution is -2.47. The minimum atomic E-state index is -0.280. The molecule has 3 nitrogen and oxygen atoms in total. The van der Waals surface area contributed by atoms with E-state index in [1.165, 1.54) is 12.8 Å². The van der Waals surface area contributed by atoms with Crippen LogP contribution in [0.1, 0.15) is 32.1 Å². The van der Waals surface area contributed by atoms with Crippen molar-refractivity contribution in [3.05, 3.63) is 60.7 Å². The summed E-state index contributed by atoms with van der Waals surface area (Å²) in [5, 5.41) is 12.5. The smallest absolute Gasteiger partial charge is 0.0711 e. The number of benzene rings is 2. The van der Waals surface area contributed by atoms with Gasteiger partial charge in [0.05, 0.1) is 23.5 Å². The molecule has 2 aromatic rings. The van der Waals surface area contributed by atoms with Gasteiger partial charge in [0.2, 0.25) is 0 Å². The van der Waals surface area contributed by atoms with Gasteiger partial charge in [-0.05, 0) is 37.1 Å². The van der Waals surface area contributed by atoms with E-state index in [1.807, 2.05) is 36.4 Å². The van der Waals surface area contributed by atoms with Crippen LogP contribution in [-0.4, -0.2) is 17.3 Å². The highest BCUT2D eigenvalue weighted by Gasteiger charge is 2.24. The number of para-hydroxylation sites is 2. The van der Waals surface area contributed by atoms with Gasteiger partial charge in [-0.25, -0.2) is 5.43 Å². The lowest BCUT2D eigenvalue weighted by molar-refractivity contribution is 0.120. The van der Waals surface area contributed by atoms with Crippen LogP contribution in [0.2, 0.25) is 0 Å². The van der Waals surface area contributed by atoms with E-state index in [1.54, 1.807) is 0 Å². The lowest BCUT2D eigenvalue weighted by atomic mass is 10.1. The second-order valence-electron chi connectivity index (χ2n) is 5.95. The molecule has 0 radical (unpaired) electrons. The van der Waals surface area contributed by atoms with Crippen molar-refractivity contribution < 1.29 is 5.11 Å². The summed E-state index contributed by atoms with van der Waals surface area (Å²) in [5.74, 6) is 0. The maximum Gasteiger partial charge on any atom is 0.0711 e. The summed E-state index contributed by atoms with van der Waals surface area (Å²) in [6.45, 7) is 0. The average molecular weight is 296 g/mol. The summed E-state index contributed by atoms with van der Waals surface area (Å²) in [7, 11) is 0. The fourth-order valence-corrected chi connectivity index (χ4v) is 3.06. The van der Waals surface area contributed by atoms with Crippen LogP contribution in [-0.2, 0) is 0 Å². The molecule has 116 valence electrons. The first-order valence-electron chi connectivity index (χ1n) is 8.19. The molecule has 2 N–H and O–H groups in total. The highest BCUT2D eigenvalue weighted by molar-refractivity contribution is 5.61. The van der Waals surface area contributed by atoms with E-state index in [2.05, 4.69) is 34.7 Å². The quantitative estimate of drug-likeness (QED) is 0.660. The molecule has 0 heterocycles. The molecule has 1 fully saturated rings. The van der Waals surface area contributed by atoms with Crippen molar-refractivity contribution in [2.45, 2.75) is 44.2 Å². The van der Waals surface area contributed by atoms with E-state index in [4.69, 9.17) is 0 Å². The van der Waals surface area contributed by atoms with Crippen LogP contribution in [0, 0.1) is 0 Å². The molecule has 0 aromatic heterocycles. The molecule has 1 aliphatic carbocycles. The highest BCUT2D eigenvalue weighted by atomic mass is 16.3. The van der Waals surface area contributed by atoms with Gasteiger partial charge in [-0.3, -0.25) is 5.01 Å². The molecular formula is C19H24N2O. The Kier molecular flexibility index (Phi) is 5.09. The highest BCUT2D eigenvalue weighted by Crippen LogP contribution is 2.25. The molecule has 2 atom stereocenters. The maximum atomic E-state index is 10.4. The number of nitrogens with one attached hydrogen (secondary N) is 1. The first-order valence-corrected chi connectivity index (χ1v) is 8.19. The van der Waals surface area contributed by atoms with Gasteiger partial charge >= 0.3 is 0 Å². The Hall–Kier alpha value is -1.84. The minimum Gasteiger partial charge on any atom is -0.391 e. The average Bonchev–Trinajstić information content (AvgIpc) is 2.78. The van der Waals surface area contributed by atoms with Gasteiger partial charge in [0.15, 0.2) is 0 Å². The van der Waals surface area contributed by atoms with Crippen molar-refractivity contribution in [3.63, 3.8) is 0 Å². The molecular weight excluding hydrogens is 272 g/mol. The summed E-state index contributed by atoms with van der Waals surface area (Å²) in [6.07, 6.45) is 5.12. The van der Waals surface area contributed by atoms with Crippen LogP contribution in [0.3, 0.4) is 0 Å². The summed E-state index contributed by atoms with van der Waals surface area (Å²) in [4.78, 5) is 0. The Balaban J connectivity index is 1.85. The molecule has 0 spiro atoms. The van der Waals surface area contributed by atoms with Gasteiger partial charge in [0.25, 0.3) is 0 Å². The fourth-order valence-electron chi connectivity index (χ4n) is 3.06. The molecule has 3 rings (SSSR count). The minimum absolute atomic E-state index is 0.0999. The number of rotatable bonds is 4. The van der Waals surface area contributed by atoms with Gasteiger partial charge in [-0.1, -0.05) is 55.7 Å². The predicted octanol–water partition coefficient (Wildman–Crippen LogP) is 4.02. The van der Waals surface area contributed by atoms with Gasteiger partial charge in [0, 0.05) is 0 Å². The molecule has 0 amide bonds. The molecule has 0 saturated heterocycles. The van der Waals surface area contributed by atoms with Crippen molar-refractivity contribution in [3.8, 4) is 0 Å². The number of hydrogen-bond acceptors (Lipinski definition) is 3. The van der Waals surface area contributed by atoms with Crippen molar-refractivity contribution in [2.75, 3.05) is 5.01 Å². The Bertz CT molecular complexity index is 519. The van der Waals surface area contributed by atoms with Crippen molar-refractivity contribution in [1.82, 2.24) is 5.43 Å². The summed E-state index contributed by atoms with van der Waals surface area (Å²) in [6, 6.07) is 20.6. The molecule has 0 unspecified atom stereocenters. The van der Waals surface area contributed by atoms with Gasteiger partial charge in [-0.2, -0.15) is 0 Å². The second-order valence-corrected chi connectivity index (χ2v) is 5.95. The fraction of sp³-hybridized carbons (Fsp3) is 0.368. The Labute approximate surface area is 132 Å². The SMILES string of the molecule is O[C@H]1CCCCC[C@@H]1NN(c1ccccc1)c1ccccc1. The molecule has 0 aliphatic heterocycles. The number of aliphatic hydroxyl groups excluding tert-OH is 1. The molecule has 0 bridgehead atoms. The van der Waals surface area contributed by atoms with Crippen LogP contribution in [0.5, 0.6) is 0 Å². The second kappa shape index (κ2) is 7.43. The van der Waals surface area contributed by atoms with E-state index < -0.39 is 0 Å². The van der Waals surface area contributed by atoms with Crippen LogP contribution < -0.4 is 10.4 Å². The van der Waals surface area contributed by atoms with Crippen LogP contribution in [0.4, 0.5) is 11.4 Å². The largest absolute Gasteiger partial charge is 0.391 e. The standard InChI is InChI=1S/C19H24N2O/c22-19-15-9-3-8-14-18(19)20-21(16-10-4-1-5-11-16)17-12-6-2-7-13-17/h1-2,4-7,10-13,18-20,22H,3,8-9,14-15H2/t18-,19-/m0/s1. The van der Waals surface area contributed by atoms with Crippen LogP contribution >= 0.6 is 0 Å². The molecule has 22 heavy (non-hydrogen) atoms. The zero-order valence-electron chi connectivity index (χ0n) is 12.9. The van der Waals surface area contributed by atoms with E-state index in [0.29, 0.717) is 0 Å². The molecule has 2 aromatic carbocycles. The summed E-state index contributed by atoms with van der Waals surface area (Å²) >= 11 is 0. The first kappa shape index (κ1) is 15.1. The monoisotopic (exact) mass is 296 g/mol. The number of anilines is 2. The molecule has 1 saturated carbocycles. The van der Waals surface area contributed by atoms with Gasteiger partial charge in [0.1, 0.15) is 0 Å².